The van der Waals surface area contributed by atoms with E-state index >= 15 is 0 Å². The van der Waals surface area contributed by atoms with Crippen LogP contribution in [-0.4, -0.2) is 30.9 Å². The molecule has 0 aliphatic heterocycles. The molecule has 2 N–H and O–H groups in total. The molecule has 0 aliphatic rings. The predicted molar refractivity (Wildman–Crippen MR) is 120 cm³/mol. The van der Waals surface area contributed by atoms with Crippen LogP contribution in [0.1, 0.15) is 12.5 Å². The van der Waals surface area contributed by atoms with E-state index in [2.05, 4.69) is 20.4 Å². The molecule has 0 saturated heterocycles. The smallest absolute Gasteiger partial charge is 0.324 e. The molecule has 170 valence electrons. The number of H-pyrrole nitrogens is 1. The molecule has 0 aliphatic carbocycles. The summed E-state index contributed by atoms with van der Waals surface area (Å²) in [4.78, 5) is 32.1. The zero-order valence-electron chi connectivity index (χ0n) is 16.9. The van der Waals surface area contributed by atoms with E-state index in [9.17, 15) is 22.8 Å². The minimum absolute atomic E-state index is 0.0340. The van der Waals surface area contributed by atoms with Crippen molar-refractivity contribution in [2.75, 3.05) is 5.32 Å². The Morgan fingerprint density at radius 3 is 2.64 bits per heavy atom. The molecular formula is C21H15ClF3N5O2S. The van der Waals surface area contributed by atoms with Gasteiger partial charge in [-0.15, -0.1) is 0 Å². The minimum atomic E-state index is -4.58. The van der Waals surface area contributed by atoms with Crippen molar-refractivity contribution in [2.45, 2.75) is 23.5 Å². The zero-order valence-corrected chi connectivity index (χ0v) is 18.4. The topological polar surface area (TPSA) is 92.7 Å². The predicted octanol–water partition coefficient (Wildman–Crippen LogP) is 4.90. The first-order valence-corrected chi connectivity index (χ1v) is 10.8. The first-order valence-electron chi connectivity index (χ1n) is 9.51. The number of halogens is 4. The number of thioether (sulfide) groups is 1. The Balaban J connectivity index is 1.57. The normalized spacial score (nSPS) is 12.6. The Labute approximate surface area is 194 Å². The number of rotatable bonds is 5. The van der Waals surface area contributed by atoms with Crippen LogP contribution in [0.5, 0.6) is 0 Å². The molecule has 4 aromatic rings. The van der Waals surface area contributed by atoms with Gasteiger partial charge in [-0.05, 0) is 37.3 Å². The highest BCUT2D eigenvalue weighted by molar-refractivity contribution is 8.00. The molecule has 1 amide bonds. The van der Waals surface area contributed by atoms with Crippen LogP contribution >= 0.6 is 23.4 Å². The van der Waals surface area contributed by atoms with Crippen molar-refractivity contribution in [2.24, 2.45) is 0 Å². The minimum Gasteiger partial charge on any atom is -0.324 e. The SMILES string of the molecule is CC(Sc1nc2c(cnn2-c2ccccc2)c(=O)[nH]1)C(=O)Nc1cc(C(F)(F)F)ccc1Cl. The number of hydrogen-bond acceptors (Lipinski definition) is 5. The molecule has 0 radical (unpaired) electrons. The third-order valence-corrected chi connectivity index (χ3v) is 5.94. The van der Waals surface area contributed by atoms with Gasteiger partial charge in [0.2, 0.25) is 5.91 Å². The molecule has 2 aromatic heterocycles. The summed E-state index contributed by atoms with van der Waals surface area (Å²) in [7, 11) is 0. The Morgan fingerprint density at radius 2 is 1.94 bits per heavy atom. The maximum atomic E-state index is 13.0. The summed E-state index contributed by atoms with van der Waals surface area (Å²) in [5.74, 6) is -0.611. The van der Waals surface area contributed by atoms with Crippen LogP contribution in [-0.2, 0) is 11.0 Å². The van der Waals surface area contributed by atoms with E-state index in [1.807, 2.05) is 18.2 Å². The molecule has 0 spiro atoms. The van der Waals surface area contributed by atoms with Gasteiger partial charge < -0.3 is 10.3 Å². The molecule has 0 saturated carbocycles. The van der Waals surface area contributed by atoms with Gasteiger partial charge in [-0.1, -0.05) is 41.6 Å². The highest BCUT2D eigenvalue weighted by atomic mass is 35.5. The van der Waals surface area contributed by atoms with Gasteiger partial charge in [-0.3, -0.25) is 9.59 Å². The van der Waals surface area contributed by atoms with Gasteiger partial charge in [0.05, 0.1) is 33.4 Å². The van der Waals surface area contributed by atoms with Crippen molar-refractivity contribution in [3.05, 3.63) is 75.7 Å². The van der Waals surface area contributed by atoms with E-state index in [-0.39, 0.29) is 21.3 Å². The molecule has 12 heteroatoms. The van der Waals surface area contributed by atoms with Crippen molar-refractivity contribution in [3.63, 3.8) is 0 Å². The fraction of sp³-hybridized carbons (Fsp3) is 0.143. The lowest BCUT2D eigenvalue weighted by Crippen LogP contribution is -2.23. The van der Waals surface area contributed by atoms with Gasteiger partial charge in [-0.2, -0.15) is 18.3 Å². The van der Waals surface area contributed by atoms with Crippen LogP contribution in [0.2, 0.25) is 5.02 Å². The van der Waals surface area contributed by atoms with Gasteiger partial charge in [0.15, 0.2) is 10.8 Å². The number of carbonyl (C=O) groups is 1. The maximum absolute atomic E-state index is 13.0. The molecule has 1 atom stereocenters. The Bertz CT molecular complexity index is 1390. The molecular weight excluding hydrogens is 479 g/mol. The number of aromatic nitrogens is 4. The Hall–Kier alpha value is -3.31. The molecule has 0 bridgehead atoms. The first-order chi connectivity index (χ1) is 15.6. The van der Waals surface area contributed by atoms with Crippen LogP contribution < -0.4 is 10.9 Å². The Morgan fingerprint density at radius 1 is 1.21 bits per heavy atom. The number of anilines is 1. The number of hydrogen-bond donors (Lipinski definition) is 2. The standard InChI is InChI=1S/C21H15ClF3N5O2S/c1-11(18(31)27-16-9-12(21(23,24)25)7-8-15(16)22)33-20-28-17-14(19(32)29-20)10-26-30(17)13-5-3-2-4-6-13/h2-11H,1H3,(H,27,31)(H,28,29,32). The molecule has 1 unspecified atom stereocenters. The number of nitrogens with zero attached hydrogens (tertiary/aromatic N) is 3. The molecule has 2 heterocycles. The van der Waals surface area contributed by atoms with Crippen LogP contribution in [0.15, 0.2) is 64.7 Å². The summed E-state index contributed by atoms with van der Waals surface area (Å²) in [6.45, 7) is 1.53. The van der Waals surface area contributed by atoms with Gasteiger partial charge in [0, 0.05) is 0 Å². The fourth-order valence-electron chi connectivity index (χ4n) is 2.97. The number of fused-ring (bicyclic) bond motifs is 1. The van der Waals surface area contributed by atoms with Gasteiger partial charge in [0.25, 0.3) is 5.56 Å². The number of amides is 1. The summed E-state index contributed by atoms with van der Waals surface area (Å²) in [6, 6.07) is 11.7. The third kappa shape index (κ3) is 4.88. The van der Waals surface area contributed by atoms with Crippen molar-refractivity contribution < 1.29 is 18.0 Å². The van der Waals surface area contributed by atoms with E-state index in [0.717, 1.165) is 30.0 Å². The average Bonchev–Trinajstić information content (AvgIpc) is 3.19. The largest absolute Gasteiger partial charge is 0.416 e. The van der Waals surface area contributed by atoms with E-state index in [0.29, 0.717) is 11.3 Å². The lowest BCUT2D eigenvalue weighted by atomic mass is 10.2. The van der Waals surface area contributed by atoms with Crippen molar-refractivity contribution >= 4 is 46.0 Å². The summed E-state index contributed by atoms with van der Waals surface area (Å²) in [6.07, 6.45) is -3.18. The van der Waals surface area contributed by atoms with Crippen LogP contribution in [0, 0.1) is 0 Å². The summed E-state index contributed by atoms with van der Waals surface area (Å²) < 4.78 is 40.4. The summed E-state index contributed by atoms with van der Waals surface area (Å²) in [5, 5.41) is 6.19. The number of aromatic amines is 1. The van der Waals surface area contributed by atoms with Crippen molar-refractivity contribution in [1.82, 2.24) is 19.7 Å². The second-order valence-corrected chi connectivity index (χ2v) is 8.68. The van der Waals surface area contributed by atoms with Crippen molar-refractivity contribution in [3.8, 4) is 5.69 Å². The highest BCUT2D eigenvalue weighted by Gasteiger charge is 2.31. The molecule has 7 nitrogen and oxygen atoms in total. The monoisotopic (exact) mass is 493 g/mol. The highest BCUT2D eigenvalue weighted by Crippen LogP contribution is 2.34. The lowest BCUT2D eigenvalue weighted by molar-refractivity contribution is -0.137. The van der Waals surface area contributed by atoms with Gasteiger partial charge in [0.1, 0.15) is 5.39 Å². The quantitative estimate of drug-likeness (QED) is 0.305. The van der Waals surface area contributed by atoms with E-state index < -0.39 is 28.5 Å². The number of benzene rings is 2. The first kappa shape index (κ1) is 22.9. The van der Waals surface area contributed by atoms with E-state index in [4.69, 9.17) is 11.6 Å². The lowest BCUT2D eigenvalue weighted by Gasteiger charge is -2.14. The number of nitrogens with one attached hydrogen (secondary N) is 2. The van der Waals surface area contributed by atoms with E-state index in [1.165, 1.54) is 17.8 Å². The van der Waals surface area contributed by atoms with Crippen LogP contribution in [0.3, 0.4) is 0 Å². The summed E-state index contributed by atoms with van der Waals surface area (Å²) in [5.41, 5.74) is -0.526. The second-order valence-electron chi connectivity index (χ2n) is 6.94. The molecule has 4 rings (SSSR count). The van der Waals surface area contributed by atoms with Gasteiger partial charge in [-0.25, -0.2) is 9.67 Å². The number of carbonyl (C=O) groups excluding carboxylic acids is 1. The number of alkyl halides is 3. The van der Waals surface area contributed by atoms with Crippen LogP contribution in [0.4, 0.5) is 18.9 Å². The molecule has 33 heavy (non-hydrogen) atoms. The third-order valence-electron chi connectivity index (χ3n) is 4.63. The van der Waals surface area contributed by atoms with Crippen molar-refractivity contribution in [1.29, 1.82) is 0 Å². The average molecular weight is 494 g/mol. The molecule has 0 fully saturated rings. The van der Waals surface area contributed by atoms with E-state index in [1.54, 1.807) is 12.1 Å². The summed E-state index contributed by atoms with van der Waals surface area (Å²) >= 11 is 6.88. The second kappa shape index (κ2) is 8.91. The zero-order chi connectivity index (χ0) is 23.8. The number of para-hydroxylation sites is 1. The maximum Gasteiger partial charge on any atom is 0.416 e. The van der Waals surface area contributed by atoms with Gasteiger partial charge >= 0.3 is 6.18 Å². The Kier molecular flexibility index (Phi) is 6.17. The molecule has 2 aromatic carbocycles. The van der Waals surface area contributed by atoms with Crippen LogP contribution in [0.25, 0.3) is 16.7 Å². The fourth-order valence-corrected chi connectivity index (χ4v) is 3.92.